The minimum Gasteiger partial charge on any atom is -0.550 e. The van der Waals surface area contributed by atoms with Crippen LogP contribution in [-0.2, 0) is 19.1 Å². The number of carbonyl (C=O) groups excluding carboxylic acids is 3. The molecule has 0 saturated carbocycles. The molecule has 110 valence electrons. The summed E-state index contributed by atoms with van der Waals surface area (Å²) in [6.45, 7) is 2.10. The molecule has 0 aliphatic heterocycles. The van der Waals surface area contributed by atoms with E-state index in [1.165, 1.54) is 0 Å². The van der Waals surface area contributed by atoms with Crippen molar-refractivity contribution >= 4 is 17.9 Å². The molecule has 0 aliphatic carbocycles. The van der Waals surface area contributed by atoms with Gasteiger partial charge in [-0.3, -0.25) is 4.79 Å². The van der Waals surface area contributed by atoms with Crippen LogP contribution in [0.4, 0.5) is 0 Å². The molecule has 0 saturated heterocycles. The average Bonchev–Trinajstić information content (AvgIpc) is 2.35. The van der Waals surface area contributed by atoms with Crippen LogP contribution in [0.15, 0.2) is 0 Å². The van der Waals surface area contributed by atoms with Crippen LogP contribution in [0.5, 0.6) is 0 Å². The van der Waals surface area contributed by atoms with Crippen LogP contribution >= 0.6 is 0 Å². The second-order valence-electron chi connectivity index (χ2n) is 4.47. The number of carboxylic acid groups (broad SMARTS) is 1. The smallest absolute Gasteiger partial charge is 0.550 e. The van der Waals surface area contributed by atoms with Crippen molar-refractivity contribution in [3.63, 3.8) is 0 Å². The van der Waals surface area contributed by atoms with E-state index in [1.807, 2.05) is 0 Å². The molecule has 0 fully saturated rings. The van der Waals surface area contributed by atoms with Crippen molar-refractivity contribution in [3.8, 4) is 0 Å². The molecule has 1 unspecified atom stereocenters. The van der Waals surface area contributed by atoms with E-state index in [0.29, 0.717) is 6.42 Å². The summed E-state index contributed by atoms with van der Waals surface area (Å²) in [6, 6.07) is -1.10. The molecule has 20 heavy (non-hydrogen) atoms. The molecule has 0 aromatic rings. The normalized spacial score (nSPS) is 11.3. The van der Waals surface area contributed by atoms with E-state index in [-0.39, 0.29) is 48.8 Å². The Morgan fingerprint density at radius 3 is 2.25 bits per heavy atom. The fourth-order valence-electron chi connectivity index (χ4n) is 1.50. The number of aliphatic carboxylic acids is 1. The van der Waals surface area contributed by atoms with E-state index >= 15 is 0 Å². The molecule has 0 aliphatic rings. The van der Waals surface area contributed by atoms with Gasteiger partial charge in [-0.05, 0) is 19.3 Å². The standard InChI is InChI=1S/C13H23NO5.Na/c1-2-3-4-5-6-7-12(17)19-13(18)10(14)8-9-11(15)16;/h10H,2-9,14H2,1H3,(H,15,16);/q;+1/p-1. The summed E-state index contributed by atoms with van der Waals surface area (Å²) in [5.41, 5.74) is 5.39. The van der Waals surface area contributed by atoms with Gasteiger partial charge in [0, 0.05) is 12.4 Å². The van der Waals surface area contributed by atoms with Gasteiger partial charge in [0.05, 0.1) is 0 Å². The predicted molar refractivity (Wildman–Crippen MR) is 66.7 cm³/mol. The van der Waals surface area contributed by atoms with Crippen molar-refractivity contribution in [1.29, 1.82) is 0 Å². The number of hydrogen-bond acceptors (Lipinski definition) is 6. The van der Waals surface area contributed by atoms with Gasteiger partial charge in [0.15, 0.2) is 0 Å². The quantitative estimate of drug-likeness (QED) is 0.203. The van der Waals surface area contributed by atoms with E-state index in [1.54, 1.807) is 0 Å². The molecular formula is C13H22NNaO5. The molecule has 0 aromatic heterocycles. The summed E-state index contributed by atoms with van der Waals surface area (Å²) in [4.78, 5) is 32.8. The summed E-state index contributed by atoms with van der Waals surface area (Å²) in [5.74, 6) is -2.77. The Morgan fingerprint density at radius 1 is 1.10 bits per heavy atom. The molecular weight excluding hydrogens is 273 g/mol. The van der Waals surface area contributed by atoms with Gasteiger partial charge in [0.2, 0.25) is 0 Å². The number of esters is 2. The summed E-state index contributed by atoms with van der Waals surface area (Å²) in [7, 11) is 0. The maximum atomic E-state index is 11.3. The number of carbonyl (C=O) groups is 3. The molecule has 0 heterocycles. The second-order valence-corrected chi connectivity index (χ2v) is 4.47. The van der Waals surface area contributed by atoms with Gasteiger partial charge in [-0.25, -0.2) is 4.79 Å². The first-order chi connectivity index (χ1) is 8.97. The molecule has 0 radical (unpaired) electrons. The van der Waals surface area contributed by atoms with E-state index in [9.17, 15) is 19.5 Å². The van der Waals surface area contributed by atoms with Gasteiger partial charge >= 0.3 is 41.5 Å². The number of hydrogen-bond donors (Lipinski definition) is 1. The van der Waals surface area contributed by atoms with Crippen molar-refractivity contribution in [3.05, 3.63) is 0 Å². The van der Waals surface area contributed by atoms with E-state index < -0.39 is 23.9 Å². The van der Waals surface area contributed by atoms with Crippen LogP contribution in [-0.4, -0.2) is 23.9 Å². The third kappa shape index (κ3) is 12.6. The first-order valence-electron chi connectivity index (χ1n) is 6.67. The maximum absolute atomic E-state index is 11.3. The van der Waals surface area contributed by atoms with Crippen molar-refractivity contribution in [2.75, 3.05) is 0 Å². The molecule has 6 nitrogen and oxygen atoms in total. The van der Waals surface area contributed by atoms with E-state index in [0.717, 1.165) is 25.7 Å². The van der Waals surface area contributed by atoms with Gasteiger partial charge in [0.25, 0.3) is 0 Å². The first-order valence-corrected chi connectivity index (χ1v) is 6.67. The SMILES string of the molecule is CCCCCCCC(=O)OC(=O)C(N)CCC(=O)[O-].[Na+]. The number of nitrogens with two attached hydrogens (primary N) is 1. The molecule has 7 heteroatoms. The van der Waals surface area contributed by atoms with Gasteiger partial charge in [-0.15, -0.1) is 0 Å². The Morgan fingerprint density at radius 2 is 1.70 bits per heavy atom. The molecule has 0 aromatic carbocycles. The Labute approximate surface area is 141 Å². The van der Waals surface area contributed by atoms with Gasteiger partial charge in [-0.1, -0.05) is 32.6 Å². The molecule has 2 N–H and O–H groups in total. The minimum absolute atomic E-state index is 0. The molecule has 0 amide bonds. The van der Waals surface area contributed by atoms with Crippen molar-refractivity contribution in [2.45, 2.75) is 64.3 Å². The van der Waals surface area contributed by atoms with Crippen LogP contribution in [0, 0.1) is 0 Å². The summed E-state index contributed by atoms with van der Waals surface area (Å²) in [5, 5.41) is 10.2. The Balaban J connectivity index is 0. The van der Waals surface area contributed by atoms with Crippen LogP contribution < -0.4 is 40.4 Å². The summed E-state index contributed by atoms with van der Waals surface area (Å²) < 4.78 is 4.53. The minimum atomic E-state index is -1.29. The Bertz CT molecular complexity index is 309. The summed E-state index contributed by atoms with van der Waals surface area (Å²) >= 11 is 0. The fraction of sp³-hybridized carbons (Fsp3) is 0.769. The number of ether oxygens (including phenoxy) is 1. The third-order valence-corrected chi connectivity index (χ3v) is 2.66. The molecule has 0 rings (SSSR count). The van der Waals surface area contributed by atoms with E-state index in [2.05, 4.69) is 11.7 Å². The van der Waals surface area contributed by atoms with Crippen molar-refractivity contribution < 1.29 is 53.8 Å². The zero-order valence-corrected chi connectivity index (χ0v) is 14.4. The average molecular weight is 295 g/mol. The first kappa shape index (κ1) is 21.9. The zero-order valence-electron chi connectivity index (χ0n) is 12.4. The second kappa shape index (κ2) is 13.5. The molecule has 1 atom stereocenters. The Hall–Kier alpha value is -0.430. The molecule has 0 spiro atoms. The summed E-state index contributed by atoms with van der Waals surface area (Å²) in [6.07, 6.45) is 4.67. The van der Waals surface area contributed by atoms with E-state index in [4.69, 9.17) is 5.73 Å². The maximum Gasteiger partial charge on any atom is 1.00 e. The largest absolute Gasteiger partial charge is 1.00 e. The van der Waals surface area contributed by atoms with Gasteiger partial charge in [0.1, 0.15) is 6.04 Å². The molecule has 0 bridgehead atoms. The monoisotopic (exact) mass is 295 g/mol. The third-order valence-electron chi connectivity index (χ3n) is 2.66. The van der Waals surface area contributed by atoms with Crippen LogP contribution in [0.3, 0.4) is 0 Å². The van der Waals surface area contributed by atoms with Crippen LogP contribution in [0.25, 0.3) is 0 Å². The van der Waals surface area contributed by atoms with Gasteiger partial charge in [-0.2, -0.15) is 0 Å². The van der Waals surface area contributed by atoms with Crippen LogP contribution in [0.1, 0.15) is 58.3 Å². The predicted octanol–water partition coefficient (Wildman–Crippen LogP) is -2.72. The van der Waals surface area contributed by atoms with Crippen LogP contribution in [0.2, 0.25) is 0 Å². The van der Waals surface area contributed by atoms with Crippen molar-refractivity contribution in [2.24, 2.45) is 5.73 Å². The zero-order chi connectivity index (χ0) is 14.7. The van der Waals surface area contributed by atoms with Gasteiger partial charge < -0.3 is 20.4 Å². The number of rotatable bonds is 10. The van der Waals surface area contributed by atoms with Crippen molar-refractivity contribution in [1.82, 2.24) is 0 Å². The fourth-order valence-corrected chi connectivity index (χ4v) is 1.50. The topological polar surface area (TPSA) is 110 Å². The number of unbranched alkanes of at least 4 members (excludes halogenated alkanes) is 4. The Kier molecular flexibility index (Phi) is 14.8. The number of carboxylic acids is 1.